The first-order valence-corrected chi connectivity index (χ1v) is 7.78. The van der Waals surface area contributed by atoms with Gasteiger partial charge in [-0.1, -0.05) is 0 Å². The second kappa shape index (κ2) is 5.16. The molecule has 0 bridgehead atoms. The van der Waals surface area contributed by atoms with Crippen LogP contribution in [0.3, 0.4) is 0 Å². The Morgan fingerprint density at radius 1 is 1.19 bits per heavy atom. The van der Waals surface area contributed by atoms with E-state index in [1.165, 1.54) is 0 Å². The van der Waals surface area contributed by atoms with Crippen LogP contribution >= 0.6 is 0 Å². The van der Waals surface area contributed by atoms with Crippen LogP contribution in [0.4, 0.5) is 4.79 Å². The SMILES string of the molecule is CC(C)(C)OC(=O)N1CCC[C@@H]1B1OC(C)(C)C(C)(C)O1. The molecule has 0 aromatic rings. The summed E-state index contributed by atoms with van der Waals surface area (Å²) >= 11 is 0. The van der Waals surface area contributed by atoms with E-state index in [1.807, 2.05) is 48.5 Å². The summed E-state index contributed by atoms with van der Waals surface area (Å²) in [6.07, 6.45) is 1.56. The van der Waals surface area contributed by atoms with Crippen LogP contribution in [0, 0.1) is 0 Å². The van der Waals surface area contributed by atoms with Gasteiger partial charge in [0.05, 0.1) is 17.1 Å². The number of rotatable bonds is 1. The predicted molar refractivity (Wildman–Crippen MR) is 82.0 cm³/mol. The van der Waals surface area contributed by atoms with Gasteiger partial charge in [0.15, 0.2) is 0 Å². The summed E-state index contributed by atoms with van der Waals surface area (Å²) < 4.78 is 17.7. The lowest BCUT2D eigenvalue weighted by molar-refractivity contribution is 0.00578. The topological polar surface area (TPSA) is 48.0 Å². The van der Waals surface area contributed by atoms with Crippen molar-refractivity contribution >= 4 is 13.2 Å². The maximum atomic E-state index is 12.3. The van der Waals surface area contributed by atoms with E-state index in [0.717, 1.165) is 12.8 Å². The first kappa shape index (κ1) is 16.6. The highest BCUT2D eigenvalue weighted by molar-refractivity contribution is 6.48. The minimum Gasteiger partial charge on any atom is -0.444 e. The fraction of sp³-hybridized carbons (Fsp3) is 0.933. The van der Waals surface area contributed by atoms with Gasteiger partial charge in [-0.25, -0.2) is 4.79 Å². The van der Waals surface area contributed by atoms with Crippen molar-refractivity contribution in [1.29, 1.82) is 0 Å². The van der Waals surface area contributed by atoms with E-state index in [1.54, 1.807) is 4.90 Å². The molecule has 0 unspecified atom stereocenters. The van der Waals surface area contributed by atoms with E-state index in [9.17, 15) is 4.79 Å². The zero-order valence-electron chi connectivity index (χ0n) is 14.4. The highest BCUT2D eigenvalue weighted by Crippen LogP contribution is 2.40. The Morgan fingerprint density at radius 3 is 2.19 bits per heavy atom. The summed E-state index contributed by atoms with van der Waals surface area (Å²) in [6, 6.07) is 0. The van der Waals surface area contributed by atoms with E-state index in [2.05, 4.69) is 0 Å². The molecule has 6 heteroatoms. The van der Waals surface area contributed by atoms with Gasteiger partial charge in [0.1, 0.15) is 5.60 Å². The van der Waals surface area contributed by atoms with Gasteiger partial charge in [-0.15, -0.1) is 0 Å². The van der Waals surface area contributed by atoms with Gasteiger partial charge in [0.2, 0.25) is 0 Å². The molecule has 2 fully saturated rings. The summed E-state index contributed by atoms with van der Waals surface area (Å²) in [5.74, 6) is -0.0686. The third-order valence-corrected chi connectivity index (χ3v) is 4.51. The van der Waals surface area contributed by atoms with Crippen LogP contribution in [-0.2, 0) is 14.0 Å². The van der Waals surface area contributed by atoms with Gasteiger partial charge in [-0.3, -0.25) is 0 Å². The van der Waals surface area contributed by atoms with Crippen LogP contribution < -0.4 is 0 Å². The van der Waals surface area contributed by atoms with Gasteiger partial charge in [-0.2, -0.15) is 0 Å². The molecule has 21 heavy (non-hydrogen) atoms. The Bertz CT molecular complexity index is 400. The second-order valence-corrected chi connectivity index (χ2v) is 8.01. The average Bonchev–Trinajstić information content (AvgIpc) is 2.79. The van der Waals surface area contributed by atoms with Crippen molar-refractivity contribution in [1.82, 2.24) is 4.90 Å². The molecule has 0 spiro atoms. The molecule has 2 aliphatic heterocycles. The van der Waals surface area contributed by atoms with Gasteiger partial charge in [0.25, 0.3) is 0 Å². The third kappa shape index (κ3) is 3.37. The van der Waals surface area contributed by atoms with Crippen molar-refractivity contribution in [3.05, 3.63) is 0 Å². The lowest BCUT2D eigenvalue weighted by Crippen LogP contribution is -2.48. The van der Waals surface area contributed by atoms with E-state index >= 15 is 0 Å². The largest absolute Gasteiger partial charge is 0.482 e. The summed E-state index contributed by atoms with van der Waals surface area (Å²) in [6.45, 7) is 14.4. The summed E-state index contributed by atoms with van der Waals surface area (Å²) in [5.41, 5.74) is -1.24. The zero-order valence-corrected chi connectivity index (χ0v) is 14.4. The summed E-state index contributed by atoms with van der Waals surface area (Å²) in [7, 11) is -0.384. The normalized spacial score (nSPS) is 28.0. The van der Waals surface area contributed by atoms with Crippen molar-refractivity contribution in [2.75, 3.05) is 6.54 Å². The highest BCUT2D eigenvalue weighted by atomic mass is 16.7. The molecule has 2 aliphatic rings. The quantitative estimate of drug-likeness (QED) is 0.698. The smallest absolute Gasteiger partial charge is 0.444 e. The molecule has 0 aromatic carbocycles. The maximum absolute atomic E-state index is 12.3. The van der Waals surface area contributed by atoms with Gasteiger partial charge in [0, 0.05) is 6.54 Å². The van der Waals surface area contributed by atoms with Crippen LogP contribution in [0.15, 0.2) is 0 Å². The van der Waals surface area contributed by atoms with Crippen LogP contribution in [-0.4, -0.2) is 47.4 Å². The van der Waals surface area contributed by atoms with Crippen LogP contribution in [0.2, 0.25) is 0 Å². The number of ether oxygens (including phenoxy) is 1. The van der Waals surface area contributed by atoms with E-state index in [-0.39, 0.29) is 30.4 Å². The molecule has 1 atom stereocenters. The second-order valence-electron chi connectivity index (χ2n) is 8.01. The molecule has 0 aromatic heterocycles. The van der Waals surface area contributed by atoms with Gasteiger partial charge in [-0.05, 0) is 61.3 Å². The Labute approximate surface area is 128 Å². The molecule has 2 saturated heterocycles. The van der Waals surface area contributed by atoms with Crippen LogP contribution in [0.1, 0.15) is 61.3 Å². The lowest BCUT2D eigenvalue weighted by Gasteiger charge is -2.32. The van der Waals surface area contributed by atoms with Crippen molar-refractivity contribution in [2.45, 2.75) is 84.1 Å². The molecule has 0 N–H and O–H groups in total. The van der Waals surface area contributed by atoms with Crippen LogP contribution in [0.25, 0.3) is 0 Å². The number of amides is 1. The monoisotopic (exact) mass is 297 g/mol. The van der Waals surface area contributed by atoms with Crippen LogP contribution in [0.5, 0.6) is 0 Å². The molecule has 0 radical (unpaired) electrons. The fourth-order valence-electron chi connectivity index (χ4n) is 2.67. The minimum absolute atomic E-state index is 0.0686. The standard InChI is InChI=1S/C15H28BNO4/c1-13(2,3)19-12(18)17-10-8-9-11(17)16-20-14(4,5)15(6,7)21-16/h11H,8-10H2,1-7H3/t11-/m1/s1. The zero-order chi connectivity index (χ0) is 16.1. The van der Waals surface area contributed by atoms with E-state index < -0.39 is 5.60 Å². The minimum atomic E-state index is -0.486. The van der Waals surface area contributed by atoms with Gasteiger partial charge < -0.3 is 18.9 Å². The summed E-state index contributed by atoms with van der Waals surface area (Å²) in [4.78, 5) is 14.1. The number of carbonyl (C=O) groups excluding carboxylic acids is 1. The number of hydrogen-bond acceptors (Lipinski definition) is 4. The van der Waals surface area contributed by atoms with Crippen molar-refractivity contribution in [3.63, 3.8) is 0 Å². The maximum Gasteiger partial charge on any atom is 0.482 e. The fourth-order valence-corrected chi connectivity index (χ4v) is 2.67. The van der Waals surface area contributed by atoms with E-state index in [4.69, 9.17) is 14.0 Å². The molecule has 5 nitrogen and oxygen atoms in total. The number of likely N-dealkylation sites (tertiary alicyclic amines) is 1. The summed E-state index contributed by atoms with van der Waals surface area (Å²) in [5, 5.41) is 0. The molecule has 0 saturated carbocycles. The number of carbonyl (C=O) groups is 1. The lowest BCUT2D eigenvalue weighted by atomic mass is 9.77. The molecule has 120 valence electrons. The average molecular weight is 297 g/mol. The highest BCUT2D eigenvalue weighted by Gasteiger charge is 2.56. The first-order valence-electron chi connectivity index (χ1n) is 7.78. The van der Waals surface area contributed by atoms with Crippen molar-refractivity contribution < 1.29 is 18.8 Å². The molecular weight excluding hydrogens is 269 g/mol. The van der Waals surface area contributed by atoms with Crippen molar-refractivity contribution in [2.24, 2.45) is 0 Å². The first-order chi connectivity index (χ1) is 9.43. The Hall–Kier alpha value is -0.745. The Morgan fingerprint density at radius 2 is 1.71 bits per heavy atom. The predicted octanol–water partition coefficient (Wildman–Crippen LogP) is 3.02. The molecular formula is C15H28BNO4. The number of nitrogens with zero attached hydrogens (tertiary/aromatic N) is 1. The van der Waals surface area contributed by atoms with Crippen molar-refractivity contribution in [3.8, 4) is 0 Å². The molecule has 2 heterocycles. The van der Waals surface area contributed by atoms with E-state index in [0.29, 0.717) is 6.54 Å². The Kier molecular flexibility index (Phi) is 4.09. The Balaban J connectivity index is 2.08. The molecule has 1 amide bonds. The molecule has 0 aliphatic carbocycles. The van der Waals surface area contributed by atoms with Gasteiger partial charge >= 0.3 is 13.2 Å². The third-order valence-electron chi connectivity index (χ3n) is 4.51. The molecule has 2 rings (SSSR count). The number of hydrogen-bond donors (Lipinski definition) is 0.